The summed E-state index contributed by atoms with van der Waals surface area (Å²) < 4.78 is 55.3. The molecule has 0 unspecified atom stereocenters. The lowest BCUT2D eigenvalue weighted by molar-refractivity contribution is -0.116. The summed E-state index contributed by atoms with van der Waals surface area (Å²) in [6, 6.07) is 31.4. The molecule has 1 N–H and O–H groups in total. The fourth-order valence-corrected chi connectivity index (χ4v) is 10.8. The molecule has 0 amide bonds. The highest BCUT2D eigenvalue weighted by Gasteiger charge is 2.44. The summed E-state index contributed by atoms with van der Waals surface area (Å²) in [6.07, 6.45) is 5.05. The molecule has 2 aliphatic carbocycles. The van der Waals surface area contributed by atoms with Crippen molar-refractivity contribution in [2.24, 2.45) is 11.8 Å². The van der Waals surface area contributed by atoms with Gasteiger partial charge in [-0.05, 0) is 145 Å². The van der Waals surface area contributed by atoms with Crippen molar-refractivity contribution in [2.75, 3.05) is 45.4 Å². The van der Waals surface area contributed by atoms with Crippen LogP contribution in [0.3, 0.4) is 0 Å². The summed E-state index contributed by atoms with van der Waals surface area (Å²) in [7, 11) is -0.845. The number of fused-ring (bicyclic) bond motifs is 3. The molecule has 320 valence electrons. The van der Waals surface area contributed by atoms with Crippen molar-refractivity contribution in [1.29, 1.82) is 0 Å². The van der Waals surface area contributed by atoms with Crippen LogP contribution in [0.2, 0.25) is 5.02 Å². The van der Waals surface area contributed by atoms with Gasteiger partial charge in [0.15, 0.2) is 0 Å². The minimum Gasteiger partial charge on any atom is -0.508 e. The van der Waals surface area contributed by atoms with Gasteiger partial charge in [0, 0.05) is 49.1 Å². The van der Waals surface area contributed by atoms with Crippen LogP contribution in [0, 0.1) is 11.8 Å². The van der Waals surface area contributed by atoms with E-state index in [9.17, 15) is 18.3 Å². The second-order valence-corrected chi connectivity index (χ2v) is 19.2. The highest BCUT2D eigenvalue weighted by molar-refractivity contribution is 7.89. The molecule has 12 heteroatoms. The van der Waals surface area contributed by atoms with Gasteiger partial charge in [0.05, 0.1) is 38.0 Å². The first-order chi connectivity index (χ1) is 29.4. The third kappa shape index (κ3) is 9.49. The zero-order valence-electron chi connectivity index (χ0n) is 34.9. The molecule has 8 rings (SSSR count). The van der Waals surface area contributed by atoms with E-state index >= 15 is 0 Å². The van der Waals surface area contributed by atoms with Crippen molar-refractivity contribution in [3.63, 3.8) is 0 Å². The van der Waals surface area contributed by atoms with Gasteiger partial charge >= 0.3 is 0 Å². The first kappa shape index (κ1) is 42.5. The molecule has 3 atom stereocenters. The van der Waals surface area contributed by atoms with Crippen molar-refractivity contribution in [3.05, 3.63) is 136 Å². The van der Waals surface area contributed by atoms with Crippen molar-refractivity contribution in [3.8, 4) is 28.7 Å². The van der Waals surface area contributed by atoms with Crippen LogP contribution in [0.25, 0.3) is 0 Å². The number of nitrogens with zero attached hydrogens (tertiary/aromatic N) is 2. The number of hydrogen-bond donors (Lipinski definition) is 1. The molecule has 1 saturated carbocycles. The number of phenolic OH excluding ortho intramolecular Hbond substituents is 1. The van der Waals surface area contributed by atoms with Crippen LogP contribution < -0.4 is 23.8 Å². The Labute approximate surface area is 364 Å². The minimum absolute atomic E-state index is 0.0110. The van der Waals surface area contributed by atoms with Gasteiger partial charge in [-0.3, -0.25) is 4.79 Å². The van der Waals surface area contributed by atoms with Crippen LogP contribution in [-0.2, 0) is 46.2 Å². The molecular weight excluding hydrogens is 812 g/mol. The van der Waals surface area contributed by atoms with E-state index in [2.05, 4.69) is 17.0 Å². The second-order valence-electron chi connectivity index (χ2n) is 16.8. The zero-order valence-corrected chi connectivity index (χ0v) is 36.5. The average Bonchev–Trinajstić information content (AvgIpc) is 3.38. The van der Waals surface area contributed by atoms with Crippen molar-refractivity contribution in [2.45, 2.75) is 68.8 Å². The van der Waals surface area contributed by atoms with Gasteiger partial charge in [-0.15, -0.1) is 0 Å². The van der Waals surface area contributed by atoms with E-state index in [1.807, 2.05) is 66.7 Å². The number of rotatable bonds is 15. The van der Waals surface area contributed by atoms with Gasteiger partial charge in [0.25, 0.3) is 0 Å². The van der Waals surface area contributed by atoms with Crippen LogP contribution in [-0.4, -0.2) is 64.1 Å². The molecule has 1 heterocycles. The molecule has 1 aliphatic heterocycles. The van der Waals surface area contributed by atoms with E-state index in [1.165, 1.54) is 22.4 Å². The van der Waals surface area contributed by atoms with Gasteiger partial charge in [-0.25, -0.2) is 8.42 Å². The Morgan fingerprint density at radius 1 is 0.852 bits per heavy atom. The van der Waals surface area contributed by atoms with E-state index in [4.69, 9.17) is 30.5 Å². The summed E-state index contributed by atoms with van der Waals surface area (Å²) >= 11 is 6.52. The van der Waals surface area contributed by atoms with Crippen molar-refractivity contribution < 1.29 is 37.3 Å². The Kier molecular flexibility index (Phi) is 12.5. The van der Waals surface area contributed by atoms with E-state index in [-0.39, 0.29) is 53.2 Å². The van der Waals surface area contributed by atoms with Gasteiger partial charge in [-0.2, -0.15) is 4.31 Å². The number of carbonyl (C=O) groups excluding carboxylic acids is 1. The molecule has 3 aliphatic rings. The molecule has 1 fully saturated rings. The number of hydrogen-bond acceptors (Lipinski definition) is 9. The molecule has 0 saturated heterocycles. The highest BCUT2D eigenvalue weighted by Crippen LogP contribution is 2.47. The van der Waals surface area contributed by atoms with Crippen molar-refractivity contribution >= 4 is 33.1 Å². The zero-order chi connectivity index (χ0) is 42.7. The lowest BCUT2D eigenvalue weighted by Gasteiger charge is -2.44. The maximum absolute atomic E-state index is 15.0. The molecule has 0 radical (unpaired) electrons. The number of phenols is 1. The van der Waals surface area contributed by atoms with Gasteiger partial charge < -0.3 is 29.0 Å². The summed E-state index contributed by atoms with van der Waals surface area (Å²) in [5, 5.41) is 11.1. The average molecular weight is 865 g/mol. The monoisotopic (exact) mass is 864 g/mol. The van der Waals surface area contributed by atoms with E-state index in [0.29, 0.717) is 59.9 Å². The molecular formula is C49H53ClN2O8S. The highest BCUT2D eigenvalue weighted by atomic mass is 35.5. The lowest BCUT2D eigenvalue weighted by Crippen LogP contribution is -2.49. The number of halogens is 1. The number of aryl methyl sites for hydroxylation is 1. The largest absolute Gasteiger partial charge is 0.508 e. The number of methoxy groups -OCH3 is 2. The molecule has 0 aromatic heterocycles. The summed E-state index contributed by atoms with van der Waals surface area (Å²) in [4.78, 5) is 14.4. The van der Waals surface area contributed by atoms with E-state index in [0.717, 1.165) is 48.9 Å². The van der Waals surface area contributed by atoms with Crippen LogP contribution in [0.5, 0.6) is 28.7 Å². The van der Waals surface area contributed by atoms with E-state index < -0.39 is 10.0 Å². The third-order valence-corrected chi connectivity index (χ3v) is 14.6. The SMILES string of the molecule is COc1ccc(CN(Cc2ccc(OC)cc2)S(=O)(=O)c2ccc3c(c2)N(C[C@@H]2CC[C@H]2COc2cc(O)cc(CC(C)=O)c2)C[C@@]2(CCCc4cc(Cl)ccc42)CO3)cc1. The molecule has 0 bridgehead atoms. The predicted octanol–water partition coefficient (Wildman–Crippen LogP) is 9.16. The van der Waals surface area contributed by atoms with Crippen LogP contribution >= 0.6 is 11.6 Å². The Bertz CT molecular complexity index is 2430. The molecule has 61 heavy (non-hydrogen) atoms. The lowest BCUT2D eigenvalue weighted by atomic mass is 9.69. The third-order valence-electron chi connectivity index (χ3n) is 12.6. The standard InChI is InChI=1S/C49H53ClN2O8S/c1-33(53)21-36-22-41(54)25-44(23-36)59-30-39-11-10-38(39)29-51-31-49(20-4-5-37-24-40(50)12-18-46(37)49)32-60-48-19-17-45(26-47(48)51)61(55,56)52(27-34-6-13-42(57-2)14-7-34)28-35-8-15-43(58-3)16-9-35/h6-9,12-19,22-26,38-39,54H,4-5,10-11,20-21,27-32H2,1-3H3/t38-,39-,49-/m0/s1. The minimum atomic E-state index is -4.06. The molecule has 1 spiro atoms. The Balaban J connectivity index is 1.12. The predicted molar refractivity (Wildman–Crippen MR) is 237 cm³/mol. The number of sulfonamides is 1. The van der Waals surface area contributed by atoms with Gasteiger partial charge in [0.1, 0.15) is 34.5 Å². The normalized spacial score (nSPS) is 19.6. The Hall–Kier alpha value is -5.23. The van der Waals surface area contributed by atoms with Crippen LogP contribution in [0.1, 0.15) is 60.4 Å². The number of ketones is 1. The fourth-order valence-electron chi connectivity index (χ4n) is 9.20. The quantitative estimate of drug-likeness (QED) is 0.110. The molecule has 10 nitrogen and oxygen atoms in total. The number of anilines is 1. The maximum Gasteiger partial charge on any atom is 0.243 e. The van der Waals surface area contributed by atoms with Gasteiger partial charge in [-0.1, -0.05) is 41.9 Å². The van der Waals surface area contributed by atoms with Gasteiger partial charge in [0.2, 0.25) is 10.0 Å². The number of carbonyl (C=O) groups is 1. The van der Waals surface area contributed by atoms with Crippen molar-refractivity contribution in [1.82, 2.24) is 4.31 Å². The number of ether oxygens (including phenoxy) is 4. The second kappa shape index (κ2) is 18.0. The Morgan fingerprint density at radius 3 is 2.18 bits per heavy atom. The van der Waals surface area contributed by atoms with E-state index in [1.54, 1.807) is 38.5 Å². The number of aromatic hydroxyl groups is 1. The molecule has 5 aromatic rings. The number of benzene rings is 5. The Morgan fingerprint density at radius 2 is 1.54 bits per heavy atom. The summed E-state index contributed by atoms with van der Waals surface area (Å²) in [6.45, 7) is 4.06. The fraction of sp³-hybridized carbons (Fsp3) is 0.367. The summed E-state index contributed by atoms with van der Waals surface area (Å²) in [5.74, 6) is 3.14. The molecule has 5 aromatic carbocycles. The van der Waals surface area contributed by atoms with Crippen LogP contribution in [0.15, 0.2) is 108 Å². The van der Waals surface area contributed by atoms with Crippen LogP contribution in [0.4, 0.5) is 5.69 Å². The smallest absolute Gasteiger partial charge is 0.243 e. The first-order valence-corrected chi connectivity index (χ1v) is 22.7. The number of Topliss-reactive ketones (excluding diaryl/α,β-unsaturated/α-hetero) is 1. The summed E-state index contributed by atoms with van der Waals surface area (Å²) in [5.41, 5.74) is 5.25. The first-order valence-electron chi connectivity index (χ1n) is 20.9. The topological polar surface area (TPSA) is 115 Å². The maximum atomic E-state index is 15.0.